The van der Waals surface area contributed by atoms with E-state index in [1.807, 2.05) is 29.2 Å². The van der Waals surface area contributed by atoms with E-state index < -0.39 is 0 Å². The van der Waals surface area contributed by atoms with Gasteiger partial charge in [0.25, 0.3) is 0 Å². The standard InChI is InChI=1S/C23H25BrCl2N6O/c24-16-9-19-21(27-10-16)30-20(29-19)11-28-22(33)32-6-1-4-23(14-32)5-7-31(13-23)12-15-2-3-17(25)18(26)8-15/h2-3,8-10H,1,4-7,11-14H2,(H,28,33)(H,27,29,30). The Kier molecular flexibility index (Phi) is 6.53. The van der Waals surface area contributed by atoms with Crippen LogP contribution in [0.15, 0.2) is 34.9 Å². The van der Waals surface area contributed by atoms with Crippen molar-refractivity contribution in [2.24, 2.45) is 5.41 Å². The highest BCUT2D eigenvalue weighted by Gasteiger charge is 2.42. The van der Waals surface area contributed by atoms with Crippen LogP contribution in [0.25, 0.3) is 11.2 Å². The van der Waals surface area contributed by atoms with Gasteiger partial charge in [-0.25, -0.2) is 14.8 Å². The molecule has 10 heteroatoms. The van der Waals surface area contributed by atoms with Crippen LogP contribution in [0.3, 0.4) is 0 Å². The van der Waals surface area contributed by atoms with Gasteiger partial charge in [0, 0.05) is 42.3 Å². The number of aromatic nitrogens is 3. The van der Waals surface area contributed by atoms with Crippen LogP contribution in [-0.4, -0.2) is 57.0 Å². The smallest absolute Gasteiger partial charge is 0.317 e. The van der Waals surface area contributed by atoms with Gasteiger partial charge in [0.1, 0.15) is 5.82 Å². The van der Waals surface area contributed by atoms with Gasteiger partial charge in [-0.1, -0.05) is 29.3 Å². The number of imidazole rings is 1. The maximum Gasteiger partial charge on any atom is 0.317 e. The molecule has 2 aliphatic heterocycles. The lowest BCUT2D eigenvalue weighted by Gasteiger charge is -2.40. The fourth-order valence-corrected chi connectivity index (χ4v) is 5.70. The number of pyridine rings is 1. The molecule has 1 unspecified atom stereocenters. The Bertz CT molecular complexity index is 1190. The first-order valence-corrected chi connectivity index (χ1v) is 12.6. The van der Waals surface area contributed by atoms with Crippen LogP contribution < -0.4 is 5.32 Å². The number of rotatable bonds is 4. The lowest BCUT2D eigenvalue weighted by molar-refractivity contribution is 0.107. The Morgan fingerprint density at radius 2 is 2.06 bits per heavy atom. The average molecular weight is 552 g/mol. The van der Waals surface area contributed by atoms with E-state index in [1.165, 1.54) is 5.56 Å². The molecule has 0 aliphatic carbocycles. The Labute approximate surface area is 211 Å². The van der Waals surface area contributed by atoms with Crippen LogP contribution in [0.5, 0.6) is 0 Å². The van der Waals surface area contributed by atoms with E-state index in [1.54, 1.807) is 6.20 Å². The Morgan fingerprint density at radius 1 is 1.18 bits per heavy atom. The summed E-state index contributed by atoms with van der Waals surface area (Å²) in [4.78, 5) is 29.3. The Hall–Kier alpha value is -1.87. The normalized spacial score (nSPS) is 21.2. The summed E-state index contributed by atoms with van der Waals surface area (Å²) in [6, 6.07) is 7.73. The van der Waals surface area contributed by atoms with E-state index in [9.17, 15) is 4.79 Å². The molecule has 2 saturated heterocycles. The average Bonchev–Trinajstić information content (AvgIpc) is 3.37. The molecule has 33 heavy (non-hydrogen) atoms. The van der Waals surface area contributed by atoms with Crippen molar-refractivity contribution in [1.29, 1.82) is 0 Å². The summed E-state index contributed by atoms with van der Waals surface area (Å²) >= 11 is 15.6. The molecule has 174 valence electrons. The largest absolute Gasteiger partial charge is 0.339 e. The monoisotopic (exact) mass is 550 g/mol. The number of carbonyl (C=O) groups is 1. The van der Waals surface area contributed by atoms with E-state index in [0.29, 0.717) is 28.1 Å². The molecule has 0 radical (unpaired) electrons. The van der Waals surface area contributed by atoms with E-state index in [-0.39, 0.29) is 11.4 Å². The second-order valence-electron chi connectivity index (χ2n) is 9.10. The van der Waals surface area contributed by atoms with Gasteiger partial charge in [-0.05, 0) is 65.5 Å². The number of aromatic amines is 1. The van der Waals surface area contributed by atoms with Gasteiger partial charge >= 0.3 is 6.03 Å². The van der Waals surface area contributed by atoms with Crippen molar-refractivity contribution in [3.63, 3.8) is 0 Å². The molecule has 1 aromatic carbocycles. The molecule has 5 rings (SSSR count). The lowest BCUT2D eigenvalue weighted by Crippen LogP contribution is -2.50. The first kappa shape index (κ1) is 22.9. The van der Waals surface area contributed by atoms with Crippen LogP contribution in [0, 0.1) is 5.41 Å². The van der Waals surface area contributed by atoms with Crippen molar-refractivity contribution in [3.05, 3.63) is 56.4 Å². The van der Waals surface area contributed by atoms with Gasteiger partial charge < -0.3 is 15.2 Å². The zero-order chi connectivity index (χ0) is 23.0. The fourth-order valence-electron chi connectivity index (χ4n) is 5.05. The molecular weight excluding hydrogens is 527 g/mol. The molecule has 1 spiro atoms. The molecule has 0 saturated carbocycles. The Balaban J connectivity index is 1.17. The predicted octanol–water partition coefficient (Wildman–Crippen LogP) is 5.22. The molecule has 3 aromatic rings. The molecule has 2 fully saturated rings. The summed E-state index contributed by atoms with van der Waals surface area (Å²) in [7, 11) is 0. The quantitative estimate of drug-likeness (QED) is 0.465. The number of H-pyrrole nitrogens is 1. The van der Waals surface area contributed by atoms with E-state index in [4.69, 9.17) is 23.2 Å². The zero-order valence-corrected chi connectivity index (χ0v) is 21.2. The highest BCUT2D eigenvalue weighted by Crippen LogP contribution is 2.39. The summed E-state index contributed by atoms with van der Waals surface area (Å²) in [6.07, 6.45) is 4.99. The number of nitrogens with zero attached hydrogens (tertiary/aromatic N) is 4. The highest BCUT2D eigenvalue weighted by atomic mass is 79.9. The van der Waals surface area contributed by atoms with Crippen LogP contribution in [-0.2, 0) is 13.1 Å². The predicted molar refractivity (Wildman–Crippen MR) is 133 cm³/mol. The van der Waals surface area contributed by atoms with Crippen molar-refractivity contribution in [1.82, 2.24) is 30.1 Å². The number of benzene rings is 1. The summed E-state index contributed by atoms with van der Waals surface area (Å²) in [5.41, 5.74) is 2.81. The number of halogens is 3. The molecule has 0 bridgehead atoms. The van der Waals surface area contributed by atoms with Gasteiger partial charge in [0.2, 0.25) is 0 Å². The molecule has 1 atom stereocenters. The molecule has 2 N–H and O–H groups in total. The van der Waals surface area contributed by atoms with Gasteiger partial charge in [0.15, 0.2) is 5.65 Å². The van der Waals surface area contributed by atoms with Crippen LogP contribution in [0.1, 0.15) is 30.7 Å². The minimum absolute atomic E-state index is 0.0356. The van der Waals surface area contributed by atoms with Crippen LogP contribution in [0.4, 0.5) is 4.79 Å². The van der Waals surface area contributed by atoms with Crippen molar-refractivity contribution >= 4 is 56.3 Å². The lowest BCUT2D eigenvalue weighted by atomic mass is 9.79. The van der Waals surface area contributed by atoms with E-state index in [2.05, 4.69) is 41.1 Å². The molecular formula is C23H25BrCl2N6O. The van der Waals surface area contributed by atoms with Crippen molar-refractivity contribution in [2.75, 3.05) is 26.2 Å². The minimum Gasteiger partial charge on any atom is -0.339 e. The van der Waals surface area contributed by atoms with Crippen molar-refractivity contribution in [3.8, 4) is 0 Å². The van der Waals surface area contributed by atoms with Crippen LogP contribution in [0.2, 0.25) is 10.0 Å². The number of urea groups is 1. The fraction of sp³-hybridized carbons (Fsp3) is 0.435. The van der Waals surface area contributed by atoms with Crippen molar-refractivity contribution in [2.45, 2.75) is 32.4 Å². The number of amides is 2. The number of hydrogen-bond donors (Lipinski definition) is 2. The number of carbonyl (C=O) groups excluding carboxylic acids is 1. The highest BCUT2D eigenvalue weighted by molar-refractivity contribution is 9.10. The van der Waals surface area contributed by atoms with Gasteiger partial charge in [-0.2, -0.15) is 0 Å². The third-order valence-corrected chi connectivity index (χ3v) is 7.79. The minimum atomic E-state index is -0.0356. The number of likely N-dealkylation sites (tertiary alicyclic amines) is 2. The third kappa shape index (κ3) is 5.14. The molecule has 7 nitrogen and oxygen atoms in total. The van der Waals surface area contributed by atoms with E-state index in [0.717, 1.165) is 62.0 Å². The molecule has 2 amide bonds. The summed E-state index contributed by atoms with van der Waals surface area (Å²) in [5.74, 6) is 0.698. The van der Waals surface area contributed by atoms with Gasteiger partial charge in [-0.15, -0.1) is 0 Å². The molecule has 2 aliphatic rings. The number of piperidine rings is 1. The topological polar surface area (TPSA) is 77.1 Å². The maximum absolute atomic E-state index is 12.9. The number of hydrogen-bond acceptors (Lipinski definition) is 4. The second-order valence-corrected chi connectivity index (χ2v) is 10.8. The summed E-state index contributed by atoms with van der Waals surface area (Å²) < 4.78 is 0.887. The maximum atomic E-state index is 12.9. The van der Waals surface area contributed by atoms with E-state index >= 15 is 0 Å². The second kappa shape index (κ2) is 9.41. The third-order valence-electron chi connectivity index (χ3n) is 6.62. The summed E-state index contributed by atoms with van der Waals surface area (Å²) in [5, 5.41) is 4.20. The number of nitrogens with one attached hydrogen (secondary N) is 2. The first-order chi connectivity index (χ1) is 15.9. The van der Waals surface area contributed by atoms with Gasteiger partial charge in [0.05, 0.1) is 22.1 Å². The Morgan fingerprint density at radius 3 is 2.91 bits per heavy atom. The SMILES string of the molecule is O=C(NCc1nc2ncc(Br)cc2[nH]1)N1CCCC2(CCN(Cc3ccc(Cl)c(Cl)c3)C2)C1. The van der Waals surface area contributed by atoms with Crippen LogP contribution >= 0.6 is 39.1 Å². The molecule has 4 heterocycles. The first-order valence-electron chi connectivity index (χ1n) is 11.1. The zero-order valence-electron chi connectivity index (χ0n) is 18.1. The summed E-state index contributed by atoms with van der Waals surface area (Å²) in [6.45, 7) is 4.78. The molecule has 2 aromatic heterocycles. The van der Waals surface area contributed by atoms with Crippen molar-refractivity contribution < 1.29 is 4.79 Å². The number of fused-ring (bicyclic) bond motifs is 1. The van der Waals surface area contributed by atoms with Gasteiger partial charge in [-0.3, -0.25) is 4.90 Å².